The van der Waals surface area contributed by atoms with E-state index in [2.05, 4.69) is 47.2 Å². The van der Waals surface area contributed by atoms with Crippen LogP contribution in [-0.4, -0.2) is 18.8 Å². The van der Waals surface area contributed by atoms with Gasteiger partial charge in [0.15, 0.2) is 0 Å². The number of likely N-dealkylation sites (N-methyl/N-ethyl adjacent to an activating group) is 1. The average Bonchev–Trinajstić information content (AvgIpc) is 2.85. The van der Waals surface area contributed by atoms with Gasteiger partial charge in [-0.15, -0.1) is 11.3 Å². The molecule has 1 aromatic rings. The lowest BCUT2D eigenvalue weighted by molar-refractivity contribution is -0.0111. The fourth-order valence-corrected chi connectivity index (χ4v) is 3.97. The van der Waals surface area contributed by atoms with Crippen LogP contribution in [0.3, 0.4) is 0 Å². The average molecular weight is 304 g/mol. The summed E-state index contributed by atoms with van der Waals surface area (Å²) in [6.07, 6.45) is 2.31. The highest BCUT2D eigenvalue weighted by atomic mass is 79.9. The van der Waals surface area contributed by atoms with Crippen LogP contribution < -0.4 is 5.32 Å². The Hall–Kier alpha value is 0.1000. The minimum absolute atomic E-state index is 0.0414. The molecule has 0 spiro atoms. The molecular formula is C12H18BrNOS. The molecule has 2 rings (SSSR count). The van der Waals surface area contributed by atoms with Gasteiger partial charge in [0.2, 0.25) is 0 Å². The quantitative estimate of drug-likeness (QED) is 0.915. The number of halogens is 1. The molecule has 90 valence electrons. The Labute approximate surface area is 110 Å². The van der Waals surface area contributed by atoms with E-state index in [0.29, 0.717) is 6.04 Å². The molecule has 0 bridgehead atoms. The van der Waals surface area contributed by atoms with E-state index in [-0.39, 0.29) is 5.60 Å². The minimum Gasteiger partial charge on any atom is -0.373 e. The maximum absolute atomic E-state index is 5.95. The lowest BCUT2D eigenvalue weighted by Gasteiger charge is -2.33. The van der Waals surface area contributed by atoms with Gasteiger partial charge < -0.3 is 10.1 Å². The largest absolute Gasteiger partial charge is 0.373 e. The molecule has 0 aliphatic carbocycles. The van der Waals surface area contributed by atoms with E-state index in [1.54, 1.807) is 11.3 Å². The molecule has 16 heavy (non-hydrogen) atoms. The van der Waals surface area contributed by atoms with Crippen molar-refractivity contribution >= 4 is 27.3 Å². The SMILES string of the molecule is CCNC(c1ccc(Br)s1)C1(C)CCCO1. The Balaban J connectivity index is 2.22. The van der Waals surface area contributed by atoms with Crippen molar-refractivity contribution in [2.24, 2.45) is 0 Å². The van der Waals surface area contributed by atoms with E-state index in [0.717, 1.165) is 19.6 Å². The van der Waals surface area contributed by atoms with Crippen LogP contribution in [0.1, 0.15) is 37.6 Å². The van der Waals surface area contributed by atoms with Gasteiger partial charge in [-0.2, -0.15) is 0 Å². The molecule has 2 atom stereocenters. The molecule has 2 unspecified atom stereocenters. The first kappa shape index (κ1) is 12.6. The second-order valence-electron chi connectivity index (χ2n) is 4.40. The van der Waals surface area contributed by atoms with Gasteiger partial charge in [0.25, 0.3) is 0 Å². The fourth-order valence-electron chi connectivity index (χ4n) is 2.33. The van der Waals surface area contributed by atoms with E-state index in [1.165, 1.54) is 15.1 Å². The number of hydrogen-bond acceptors (Lipinski definition) is 3. The van der Waals surface area contributed by atoms with Gasteiger partial charge in [-0.25, -0.2) is 0 Å². The summed E-state index contributed by atoms with van der Waals surface area (Å²) in [4.78, 5) is 1.36. The van der Waals surface area contributed by atoms with E-state index in [9.17, 15) is 0 Å². The van der Waals surface area contributed by atoms with Gasteiger partial charge >= 0.3 is 0 Å². The standard InChI is InChI=1S/C12H18BrNOS/c1-3-14-11(9-5-6-10(13)16-9)12(2)7-4-8-15-12/h5-6,11,14H,3-4,7-8H2,1-2H3. The molecule has 0 aromatic carbocycles. The molecule has 2 nitrogen and oxygen atoms in total. The second kappa shape index (κ2) is 5.17. The van der Waals surface area contributed by atoms with Crippen molar-refractivity contribution in [2.75, 3.05) is 13.2 Å². The van der Waals surface area contributed by atoms with Crippen molar-refractivity contribution in [3.8, 4) is 0 Å². The normalized spacial score (nSPS) is 27.2. The van der Waals surface area contributed by atoms with Gasteiger partial charge in [-0.05, 0) is 54.4 Å². The van der Waals surface area contributed by atoms with Crippen LogP contribution in [0.4, 0.5) is 0 Å². The summed E-state index contributed by atoms with van der Waals surface area (Å²) in [6, 6.07) is 4.62. The predicted molar refractivity (Wildman–Crippen MR) is 72.0 cm³/mol. The molecule has 0 amide bonds. The van der Waals surface area contributed by atoms with Crippen molar-refractivity contribution in [3.63, 3.8) is 0 Å². The highest BCUT2D eigenvalue weighted by Gasteiger charge is 2.39. The zero-order valence-electron chi connectivity index (χ0n) is 9.75. The smallest absolute Gasteiger partial charge is 0.0857 e. The number of rotatable bonds is 4. The van der Waals surface area contributed by atoms with Crippen LogP contribution in [0, 0.1) is 0 Å². The van der Waals surface area contributed by atoms with E-state index >= 15 is 0 Å². The maximum Gasteiger partial charge on any atom is 0.0857 e. The molecule has 0 saturated carbocycles. The van der Waals surface area contributed by atoms with Crippen LogP contribution in [0.25, 0.3) is 0 Å². The molecule has 1 aromatic heterocycles. The van der Waals surface area contributed by atoms with E-state index in [1.807, 2.05) is 0 Å². The summed E-state index contributed by atoms with van der Waals surface area (Å²) in [5.74, 6) is 0. The molecule has 4 heteroatoms. The van der Waals surface area contributed by atoms with Crippen molar-refractivity contribution in [1.29, 1.82) is 0 Å². The van der Waals surface area contributed by atoms with Crippen LogP contribution in [0.5, 0.6) is 0 Å². The molecular weight excluding hydrogens is 286 g/mol. The fraction of sp³-hybridized carbons (Fsp3) is 0.667. The Morgan fingerprint density at radius 2 is 2.44 bits per heavy atom. The van der Waals surface area contributed by atoms with Gasteiger partial charge in [0.05, 0.1) is 15.4 Å². The summed E-state index contributed by atoms with van der Waals surface area (Å²) in [5.41, 5.74) is -0.0414. The Morgan fingerprint density at radius 3 is 2.94 bits per heavy atom. The van der Waals surface area contributed by atoms with Crippen molar-refractivity contribution in [1.82, 2.24) is 5.32 Å². The third kappa shape index (κ3) is 2.50. The predicted octanol–water partition coefficient (Wildman–Crippen LogP) is 3.73. The topological polar surface area (TPSA) is 21.3 Å². The first-order chi connectivity index (χ1) is 7.65. The first-order valence-electron chi connectivity index (χ1n) is 5.78. The highest BCUT2D eigenvalue weighted by molar-refractivity contribution is 9.11. The third-order valence-electron chi connectivity index (χ3n) is 3.15. The van der Waals surface area contributed by atoms with Gasteiger partial charge in [-0.1, -0.05) is 6.92 Å². The van der Waals surface area contributed by atoms with Crippen LogP contribution in [0.15, 0.2) is 15.9 Å². The monoisotopic (exact) mass is 303 g/mol. The molecule has 1 aliphatic rings. The number of hydrogen-bond donors (Lipinski definition) is 1. The summed E-state index contributed by atoms with van der Waals surface area (Å²) in [7, 11) is 0. The lowest BCUT2D eigenvalue weighted by atomic mass is 9.92. The molecule has 1 fully saturated rings. The lowest BCUT2D eigenvalue weighted by Crippen LogP contribution is -2.40. The van der Waals surface area contributed by atoms with E-state index in [4.69, 9.17) is 4.74 Å². The van der Waals surface area contributed by atoms with E-state index < -0.39 is 0 Å². The number of thiophene rings is 1. The molecule has 0 radical (unpaired) electrons. The second-order valence-corrected chi connectivity index (χ2v) is 6.89. The maximum atomic E-state index is 5.95. The van der Waals surface area contributed by atoms with Crippen molar-refractivity contribution in [2.45, 2.75) is 38.3 Å². The Kier molecular flexibility index (Phi) is 4.06. The van der Waals surface area contributed by atoms with Crippen molar-refractivity contribution < 1.29 is 4.74 Å². The molecule has 1 aliphatic heterocycles. The zero-order valence-corrected chi connectivity index (χ0v) is 12.2. The third-order valence-corrected chi connectivity index (χ3v) is 4.84. The molecule has 1 saturated heterocycles. The minimum atomic E-state index is -0.0414. The van der Waals surface area contributed by atoms with Gasteiger partial charge in [0, 0.05) is 11.5 Å². The summed E-state index contributed by atoms with van der Waals surface area (Å²) in [6.45, 7) is 6.24. The van der Waals surface area contributed by atoms with Gasteiger partial charge in [-0.3, -0.25) is 0 Å². The van der Waals surface area contributed by atoms with Crippen molar-refractivity contribution in [3.05, 3.63) is 20.8 Å². The summed E-state index contributed by atoms with van der Waals surface area (Å²) < 4.78 is 7.13. The number of ether oxygens (including phenoxy) is 1. The van der Waals surface area contributed by atoms with Gasteiger partial charge in [0.1, 0.15) is 0 Å². The summed E-state index contributed by atoms with van der Waals surface area (Å²) >= 11 is 5.32. The Bertz CT molecular complexity index is 347. The Morgan fingerprint density at radius 1 is 1.62 bits per heavy atom. The van der Waals surface area contributed by atoms with Crippen LogP contribution in [-0.2, 0) is 4.74 Å². The molecule has 2 heterocycles. The van der Waals surface area contributed by atoms with Crippen LogP contribution >= 0.6 is 27.3 Å². The zero-order chi connectivity index (χ0) is 11.6. The first-order valence-corrected chi connectivity index (χ1v) is 7.39. The van der Waals surface area contributed by atoms with Crippen LogP contribution in [0.2, 0.25) is 0 Å². The summed E-state index contributed by atoms with van der Waals surface area (Å²) in [5, 5.41) is 3.56. The molecule has 1 N–H and O–H groups in total. The highest BCUT2D eigenvalue weighted by Crippen LogP contribution is 2.40. The number of nitrogens with one attached hydrogen (secondary N) is 1.